The largest absolute Gasteiger partial charge is 3.00 e. The number of nitro groups is 2. The minimum absolute atomic E-state index is 0. The number of nitrogens with two attached hydrogens (primary N) is 2. The van der Waals surface area contributed by atoms with Crippen molar-refractivity contribution in [2.24, 2.45) is 20.5 Å². The molecule has 8 rings (SSSR count). The standard InChI is InChI=1S/2C20H14N4O10S2.Cr/c2*21-10-1-3-12-9(5-10)6-17(36(32,33)34)19(20(12)26)23-22-18-13-4-2-11(24(27)28)7-14(13)16(8-15(18)25)35(29,30)31;/h2*1-8,25-26H,21H2,(H,29,30,31)(H,32,33,34);/q;;+3/p-3. The molecule has 9 N–H and O–H groups in total. The molecule has 0 saturated heterocycles. The third-order valence-corrected chi connectivity index (χ3v) is 13.7. The van der Waals surface area contributed by atoms with Crippen molar-refractivity contribution in [2.75, 3.05) is 11.5 Å². The molecule has 0 aliphatic carbocycles. The molecule has 73 heavy (non-hydrogen) atoms. The number of rotatable bonds is 10. The van der Waals surface area contributed by atoms with Gasteiger partial charge in [-0.3, -0.25) is 33.9 Å². The van der Waals surface area contributed by atoms with E-state index in [2.05, 4.69) is 20.5 Å². The van der Waals surface area contributed by atoms with Gasteiger partial charge >= 0.3 is 17.4 Å². The molecule has 0 bridgehead atoms. The second-order valence-corrected chi connectivity index (χ2v) is 20.3. The molecule has 1 radical (unpaired) electrons. The van der Waals surface area contributed by atoms with Gasteiger partial charge in [0.25, 0.3) is 41.7 Å². The monoisotopic (exact) mass is 1120 g/mol. The predicted octanol–water partition coefficient (Wildman–Crippen LogP) is 6.00. The van der Waals surface area contributed by atoms with Gasteiger partial charge in [0, 0.05) is 68.6 Å². The fraction of sp³-hybridized carbons (Fsp3) is 0. The molecule has 33 heteroatoms. The molecule has 0 amide bonds. The van der Waals surface area contributed by atoms with Crippen molar-refractivity contribution >= 4 is 129 Å². The van der Waals surface area contributed by atoms with Crippen LogP contribution in [0.15, 0.2) is 137 Å². The summed E-state index contributed by atoms with van der Waals surface area (Å²) in [5.74, 6) is -3.72. The van der Waals surface area contributed by atoms with Gasteiger partial charge in [-0.05, 0) is 76.8 Å². The van der Waals surface area contributed by atoms with Crippen molar-refractivity contribution in [2.45, 2.75) is 19.6 Å². The zero-order chi connectivity index (χ0) is 53.2. The average Bonchev–Trinajstić information content (AvgIpc) is 3.27. The van der Waals surface area contributed by atoms with Crippen LogP contribution in [0.3, 0.4) is 0 Å². The van der Waals surface area contributed by atoms with Crippen LogP contribution in [0.2, 0.25) is 0 Å². The molecule has 0 unspecified atom stereocenters. The number of fused-ring (bicyclic) bond motifs is 4. The Hall–Kier alpha value is -8.23. The number of phenolic OH excluding ortho intramolecular Hbond substituents is 2. The number of non-ortho nitro benzene ring substituents is 2. The number of nitrogen functional groups attached to an aromatic ring is 2. The summed E-state index contributed by atoms with van der Waals surface area (Å²) in [4.78, 5) is 16.9. The van der Waals surface area contributed by atoms with Crippen molar-refractivity contribution in [3.05, 3.63) is 117 Å². The van der Waals surface area contributed by atoms with Crippen molar-refractivity contribution in [3.63, 3.8) is 0 Å². The molecule has 0 aliphatic heterocycles. The van der Waals surface area contributed by atoms with Crippen LogP contribution in [0.1, 0.15) is 0 Å². The van der Waals surface area contributed by atoms with Gasteiger partial charge in [-0.1, -0.05) is 17.6 Å². The predicted molar refractivity (Wildman–Crippen MR) is 246 cm³/mol. The molecule has 0 heterocycles. The normalized spacial score (nSPS) is 12.3. The van der Waals surface area contributed by atoms with Crippen LogP contribution in [0.5, 0.6) is 23.0 Å². The second kappa shape index (κ2) is 19.4. The van der Waals surface area contributed by atoms with Gasteiger partial charge in [0.15, 0.2) is 5.75 Å². The Balaban J connectivity index is 0.000000235. The molecule has 375 valence electrons. The molecule has 8 aromatic carbocycles. The molecular weight excluding hydrogens is 1090 g/mol. The van der Waals surface area contributed by atoms with Crippen LogP contribution in [0.4, 0.5) is 45.5 Å². The minimum atomic E-state index is -5.26. The maximum Gasteiger partial charge on any atom is 3.00 e. The number of benzene rings is 8. The smallest absolute Gasteiger partial charge is 0.871 e. The number of phenols is 2. The molecule has 0 atom stereocenters. The summed E-state index contributed by atoms with van der Waals surface area (Å²) < 4.78 is 135. The molecular formula is C40H25CrN8O20S4. The molecule has 0 aromatic heterocycles. The summed E-state index contributed by atoms with van der Waals surface area (Å²) in [6.45, 7) is 0. The molecule has 28 nitrogen and oxygen atoms in total. The first-order chi connectivity index (χ1) is 33.4. The summed E-state index contributed by atoms with van der Waals surface area (Å²) in [5, 5.41) is 82.2. The topological polar surface area (TPSA) is 495 Å². The van der Waals surface area contributed by atoms with Crippen LogP contribution in [0.25, 0.3) is 43.1 Å². The van der Waals surface area contributed by atoms with Crippen molar-refractivity contribution in [3.8, 4) is 23.0 Å². The van der Waals surface area contributed by atoms with Crippen LogP contribution in [0, 0.1) is 20.2 Å². The van der Waals surface area contributed by atoms with Gasteiger partial charge in [0.05, 0.1) is 26.1 Å². The first-order valence-electron chi connectivity index (χ1n) is 19.0. The molecule has 0 fully saturated rings. The minimum Gasteiger partial charge on any atom is -0.871 e. The maximum absolute atomic E-state index is 12.9. The Labute approximate surface area is 418 Å². The first-order valence-corrected chi connectivity index (χ1v) is 24.8. The van der Waals surface area contributed by atoms with Gasteiger partial charge in [-0.15, -0.1) is 15.3 Å². The van der Waals surface area contributed by atoms with Gasteiger partial charge in [0.1, 0.15) is 41.9 Å². The van der Waals surface area contributed by atoms with Gasteiger partial charge < -0.3 is 36.4 Å². The Bertz CT molecular complexity index is 3990. The van der Waals surface area contributed by atoms with E-state index in [0.717, 1.165) is 48.5 Å². The summed E-state index contributed by atoms with van der Waals surface area (Å²) in [6.07, 6.45) is 0. The fourth-order valence-electron chi connectivity index (χ4n) is 7.06. The SMILES string of the molecule is Nc1ccc2c(O)c(N=Nc3c(O)cc(S(=O)(=O)O)c4cc([N+](=O)[O-])ccc34)c(S(=O)(=O)O)cc2c1.Nc1ccc2c([O-])c(N=Nc3c([O-])cc(S(=O)(=O)[O-])c4cc([N+](=O)[O-])ccc34)c(S(=O)(=O)O)cc2c1.[Cr+3]. The van der Waals surface area contributed by atoms with Crippen LogP contribution in [-0.4, -0.2) is 71.9 Å². The third-order valence-electron chi connectivity index (χ3n) is 10.2. The maximum atomic E-state index is 12.9. The van der Waals surface area contributed by atoms with E-state index in [4.69, 9.17) is 11.5 Å². The summed E-state index contributed by atoms with van der Waals surface area (Å²) >= 11 is 0. The van der Waals surface area contributed by atoms with Crippen LogP contribution >= 0.6 is 0 Å². The molecule has 0 saturated carbocycles. The zero-order valence-electron chi connectivity index (χ0n) is 35.5. The number of aromatic hydroxyl groups is 2. The zero-order valence-corrected chi connectivity index (χ0v) is 40.0. The Morgan fingerprint density at radius 2 is 0.877 bits per heavy atom. The quantitative estimate of drug-likeness (QED) is 0.0271. The van der Waals surface area contributed by atoms with Crippen molar-refractivity contribution in [1.29, 1.82) is 0 Å². The van der Waals surface area contributed by atoms with Crippen LogP contribution < -0.4 is 21.7 Å². The van der Waals surface area contributed by atoms with Crippen molar-refractivity contribution < 1.29 is 99.5 Å². The number of anilines is 2. The number of hydrogen-bond acceptors (Lipinski definition) is 23. The van der Waals surface area contributed by atoms with E-state index in [1.165, 1.54) is 36.4 Å². The molecule has 8 aromatic rings. The Morgan fingerprint density at radius 3 is 1.37 bits per heavy atom. The van der Waals surface area contributed by atoms with E-state index >= 15 is 0 Å². The van der Waals surface area contributed by atoms with E-state index in [9.17, 15) is 92.5 Å². The average molecular weight is 1120 g/mol. The van der Waals surface area contributed by atoms with Crippen LogP contribution in [-0.2, 0) is 57.8 Å². The van der Waals surface area contributed by atoms with Gasteiger partial charge in [-0.2, -0.15) is 30.4 Å². The first kappa shape index (κ1) is 54.1. The fourth-order valence-corrected chi connectivity index (χ4v) is 9.77. The van der Waals surface area contributed by atoms with Crippen molar-refractivity contribution in [1.82, 2.24) is 0 Å². The third kappa shape index (κ3) is 10.8. The van der Waals surface area contributed by atoms with E-state index in [1.54, 1.807) is 0 Å². The summed E-state index contributed by atoms with van der Waals surface area (Å²) in [6, 6.07) is 16.3. The van der Waals surface area contributed by atoms with E-state index < -0.39 is 138 Å². The Morgan fingerprint density at radius 1 is 0.466 bits per heavy atom. The van der Waals surface area contributed by atoms with E-state index in [1.807, 2.05) is 0 Å². The number of hydrogen-bond donors (Lipinski definition) is 7. The number of nitrogens with zero attached hydrogens (tertiary/aromatic N) is 6. The molecule has 0 aliphatic rings. The Kier molecular flexibility index (Phi) is 14.4. The van der Waals surface area contributed by atoms with Gasteiger partial charge in [0.2, 0.25) is 0 Å². The molecule has 0 spiro atoms. The summed E-state index contributed by atoms with van der Waals surface area (Å²) in [5.41, 5.74) is 7.91. The number of azo groups is 2. The van der Waals surface area contributed by atoms with Gasteiger partial charge in [-0.25, -0.2) is 8.42 Å². The van der Waals surface area contributed by atoms with E-state index in [-0.39, 0.29) is 61.1 Å². The summed E-state index contributed by atoms with van der Waals surface area (Å²) in [7, 11) is -20.2. The van der Waals surface area contributed by atoms with E-state index in [0.29, 0.717) is 12.1 Å². The number of nitro benzene ring substituents is 2. The second-order valence-electron chi connectivity index (χ2n) is 14.8.